The van der Waals surface area contributed by atoms with Crippen LogP contribution in [-0.2, 0) is 28.6 Å². The van der Waals surface area contributed by atoms with Gasteiger partial charge in [-0.25, -0.2) is 0 Å². The van der Waals surface area contributed by atoms with Crippen molar-refractivity contribution in [1.82, 2.24) is 0 Å². The molecule has 0 bridgehead atoms. The van der Waals surface area contributed by atoms with Gasteiger partial charge in [-0.05, 0) is 83.5 Å². The summed E-state index contributed by atoms with van der Waals surface area (Å²) in [7, 11) is 0. The van der Waals surface area contributed by atoms with Crippen LogP contribution in [0.15, 0.2) is 109 Å². The van der Waals surface area contributed by atoms with Crippen LogP contribution in [0, 0.1) is 0 Å². The fourth-order valence-electron chi connectivity index (χ4n) is 8.51. The molecule has 0 aromatic rings. The van der Waals surface area contributed by atoms with Gasteiger partial charge in [-0.2, -0.15) is 0 Å². The fraction of sp³-hybridized carbons (Fsp3) is 0.691. The largest absolute Gasteiger partial charge is 0.462 e. The van der Waals surface area contributed by atoms with E-state index in [1.165, 1.54) is 148 Å². The van der Waals surface area contributed by atoms with Crippen molar-refractivity contribution in [1.29, 1.82) is 0 Å². The number of carbonyl (C=O) groups is 3. The topological polar surface area (TPSA) is 78.9 Å². The third-order valence-electron chi connectivity index (χ3n) is 13.1. The first kappa shape index (κ1) is 70.1. The van der Waals surface area contributed by atoms with Crippen LogP contribution in [0.1, 0.15) is 284 Å². The van der Waals surface area contributed by atoms with E-state index in [4.69, 9.17) is 14.2 Å². The number of rotatable bonds is 55. The van der Waals surface area contributed by atoms with Crippen molar-refractivity contribution in [3.05, 3.63) is 109 Å². The van der Waals surface area contributed by atoms with E-state index in [1.807, 2.05) is 6.08 Å². The lowest BCUT2D eigenvalue weighted by Crippen LogP contribution is -2.30. The Kier molecular flexibility index (Phi) is 58.3. The third-order valence-corrected chi connectivity index (χ3v) is 13.1. The third kappa shape index (κ3) is 59.0. The fourth-order valence-corrected chi connectivity index (χ4v) is 8.51. The summed E-state index contributed by atoms with van der Waals surface area (Å²) in [4.78, 5) is 38.2. The molecule has 0 spiro atoms. The molecule has 0 rings (SSSR count). The number of ether oxygens (including phenoxy) is 3. The van der Waals surface area contributed by atoms with Gasteiger partial charge in [0, 0.05) is 12.8 Å². The lowest BCUT2D eigenvalue weighted by Gasteiger charge is -2.18. The number of unbranched alkanes of at least 4 members (excludes halogenated alkanes) is 27. The molecule has 422 valence electrons. The van der Waals surface area contributed by atoms with Gasteiger partial charge in [0.05, 0.1) is 6.42 Å². The van der Waals surface area contributed by atoms with Crippen LogP contribution >= 0.6 is 0 Å². The van der Waals surface area contributed by atoms with Crippen molar-refractivity contribution in [3.63, 3.8) is 0 Å². The second kappa shape index (κ2) is 61.6. The van der Waals surface area contributed by atoms with Gasteiger partial charge in [0.25, 0.3) is 0 Å². The van der Waals surface area contributed by atoms with Gasteiger partial charge in [0.1, 0.15) is 13.2 Å². The van der Waals surface area contributed by atoms with Crippen molar-refractivity contribution in [2.45, 2.75) is 290 Å². The monoisotopic (exact) mass is 1030 g/mol. The highest BCUT2D eigenvalue weighted by molar-refractivity contribution is 5.72. The van der Waals surface area contributed by atoms with E-state index >= 15 is 0 Å². The molecule has 1 atom stereocenters. The van der Waals surface area contributed by atoms with Gasteiger partial charge >= 0.3 is 17.9 Å². The number of hydrogen-bond acceptors (Lipinski definition) is 6. The normalized spacial score (nSPS) is 12.9. The summed E-state index contributed by atoms with van der Waals surface area (Å²) in [5.74, 6) is -1.04. The van der Waals surface area contributed by atoms with E-state index in [9.17, 15) is 14.4 Å². The summed E-state index contributed by atoms with van der Waals surface area (Å²) in [5.41, 5.74) is 0. The maximum absolute atomic E-state index is 12.9. The molecule has 0 amide bonds. The highest BCUT2D eigenvalue weighted by atomic mass is 16.6. The zero-order valence-electron chi connectivity index (χ0n) is 48.3. The van der Waals surface area contributed by atoms with E-state index in [1.54, 1.807) is 6.08 Å². The number of hydrogen-bond donors (Lipinski definition) is 0. The van der Waals surface area contributed by atoms with Crippen molar-refractivity contribution in [3.8, 4) is 0 Å². The molecule has 1 unspecified atom stereocenters. The minimum Gasteiger partial charge on any atom is -0.462 e. The number of esters is 3. The molecule has 0 aliphatic heterocycles. The SMILES string of the molecule is CC/C=C\C/C=C\C/C=C\C/C=C\C/C=C\CC(=O)OCC(COC(=O)CCCCCCCCCCCC/C=C\C/C=C\C/C=C\C/C=C\CC)OC(=O)CCCCCCCCCCCCCCCCCCCC. The van der Waals surface area contributed by atoms with E-state index < -0.39 is 12.1 Å². The molecule has 0 saturated carbocycles. The van der Waals surface area contributed by atoms with Crippen LogP contribution in [-0.4, -0.2) is 37.2 Å². The van der Waals surface area contributed by atoms with Crippen LogP contribution in [0.3, 0.4) is 0 Å². The second-order valence-corrected chi connectivity index (χ2v) is 20.2. The Bertz CT molecular complexity index is 1510. The Balaban J connectivity index is 4.43. The quantitative estimate of drug-likeness (QED) is 0.0261. The smallest absolute Gasteiger partial charge is 0.309 e. The van der Waals surface area contributed by atoms with Gasteiger partial charge in [-0.1, -0.05) is 291 Å². The molecular formula is C68H114O6. The van der Waals surface area contributed by atoms with Crippen LogP contribution in [0.4, 0.5) is 0 Å². The van der Waals surface area contributed by atoms with Crippen LogP contribution in [0.5, 0.6) is 0 Å². The Morgan fingerprint density at radius 1 is 0.297 bits per heavy atom. The van der Waals surface area contributed by atoms with E-state index in [-0.39, 0.29) is 31.6 Å². The zero-order chi connectivity index (χ0) is 53.6. The lowest BCUT2D eigenvalue weighted by atomic mass is 10.0. The molecule has 74 heavy (non-hydrogen) atoms. The summed E-state index contributed by atoms with van der Waals surface area (Å²) in [6, 6.07) is 0. The predicted molar refractivity (Wildman–Crippen MR) is 320 cm³/mol. The zero-order valence-corrected chi connectivity index (χ0v) is 48.3. The van der Waals surface area contributed by atoms with Crippen LogP contribution in [0.25, 0.3) is 0 Å². The van der Waals surface area contributed by atoms with Gasteiger partial charge < -0.3 is 14.2 Å². The van der Waals surface area contributed by atoms with Crippen molar-refractivity contribution in [2.75, 3.05) is 13.2 Å². The highest BCUT2D eigenvalue weighted by Gasteiger charge is 2.19. The second-order valence-electron chi connectivity index (χ2n) is 20.2. The highest BCUT2D eigenvalue weighted by Crippen LogP contribution is 2.16. The summed E-state index contributed by atoms with van der Waals surface area (Å²) in [6.45, 7) is 6.35. The maximum atomic E-state index is 12.9. The van der Waals surface area contributed by atoms with Crippen molar-refractivity contribution in [2.24, 2.45) is 0 Å². The first-order valence-corrected chi connectivity index (χ1v) is 30.9. The molecule has 0 heterocycles. The van der Waals surface area contributed by atoms with Gasteiger partial charge in [-0.15, -0.1) is 0 Å². The molecule has 0 aromatic heterocycles. The van der Waals surface area contributed by atoms with Crippen LogP contribution in [0.2, 0.25) is 0 Å². The average molecular weight is 1030 g/mol. The first-order valence-electron chi connectivity index (χ1n) is 30.9. The van der Waals surface area contributed by atoms with Gasteiger partial charge in [0.15, 0.2) is 6.10 Å². The Hall–Kier alpha value is -3.93. The van der Waals surface area contributed by atoms with E-state index in [0.29, 0.717) is 12.8 Å². The lowest BCUT2D eigenvalue weighted by molar-refractivity contribution is -0.166. The minimum absolute atomic E-state index is 0.109. The summed E-state index contributed by atoms with van der Waals surface area (Å²) >= 11 is 0. The Morgan fingerprint density at radius 2 is 0.581 bits per heavy atom. The molecule has 0 fully saturated rings. The molecule has 0 aliphatic rings. The van der Waals surface area contributed by atoms with Crippen molar-refractivity contribution < 1.29 is 28.6 Å². The van der Waals surface area contributed by atoms with Crippen molar-refractivity contribution >= 4 is 17.9 Å². The standard InChI is InChI=1S/C68H114O6/c1-4-7-10-13-16-19-22-25-28-30-32-33-34-35-36-38-40-43-46-49-52-55-58-61-67(70)73-64-65(63-72-66(69)60-57-54-51-48-45-42-39-27-24-21-18-15-12-9-6-3)74-68(71)62-59-56-53-50-47-44-41-37-31-29-26-23-20-17-14-11-8-5-2/h7,9-10,12,16,18-19,21,25,27-28,32-33,39,45,48,54,57,65H,4-6,8,11,13-15,17,20,22-24,26,29-31,34-38,40-44,46-47,49-53,55-56,58-64H2,1-3H3/b10-7-,12-9-,19-16-,21-18-,28-25-,33-32-,39-27-,48-45-,57-54-. The molecular weight excluding hydrogens is 913 g/mol. The number of carbonyl (C=O) groups excluding carboxylic acids is 3. The Labute approximate surface area is 457 Å². The minimum atomic E-state index is -0.820. The van der Waals surface area contributed by atoms with E-state index in [2.05, 4.69) is 118 Å². The summed E-state index contributed by atoms with van der Waals surface area (Å²) < 4.78 is 16.8. The Morgan fingerprint density at radius 3 is 0.946 bits per heavy atom. The van der Waals surface area contributed by atoms with E-state index in [0.717, 1.165) is 96.3 Å². The molecule has 6 heteroatoms. The molecule has 0 radical (unpaired) electrons. The molecule has 0 aliphatic carbocycles. The molecule has 6 nitrogen and oxygen atoms in total. The first-order chi connectivity index (χ1) is 36.5. The van der Waals surface area contributed by atoms with Gasteiger partial charge in [-0.3, -0.25) is 14.4 Å². The number of allylic oxidation sites excluding steroid dienone is 17. The molecule has 0 N–H and O–H groups in total. The maximum Gasteiger partial charge on any atom is 0.309 e. The predicted octanol–water partition coefficient (Wildman–Crippen LogP) is 21.0. The summed E-state index contributed by atoms with van der Waals surface area (Å²) in [5, 5.41) is 0. The molecule has 0 aromatic carbocycles. The van der Waals surface area contributed by atoms with Crippen LogP contribution < -0.4 is 0 Å². The van der Waals surface area contributed by atoms with Gasteiger partial charge in [0.2, 0.25) is 0 Å². The molecule has 0 saturated heterocycles. The average Bonchev–Trinajstić information content (AvgIpc) is 3.40. The summed E-state index contributed by atoms with van der Waals surface area (Å²) in [6.07, 6.45) is 84.0.